The number of nitrogens with one attached hydrogen (secondary N) is 1. The molecule has 3 nitrogen and oxygen atoms in total. The van der Waals surface area contributed by atoms with Gasteiger partial charge < -0.3 is 9.73 Å². The Kier molecular flexibility index (Phi) is 5.36. The highest BCUT2D eigenvalue weighted by Crippen LogP contribution is 2.25. The van der Waals surface area contributed by atoms with Crippen molar-refractivity contribution in [2.24, 2.45) is 0 Å². The van der Waals surface area contributed by atoms with Crippen molar-refractivity contribution in [2.45, 2.75) is 40.0 Å². The summed E-state index contributed by atoms with van der Waals surface area (Å²) in [4.78, 5) is 4.39. The molecule has 0 aliphatic rings. The maximum absolute atomic E-state index is 5.87. The van der Waals surface area contributed by atoms with E-state index in [9.17, 15) is 0 Å². The molecule has 0 bridgehead atoms. The Bertz CT molecular complexity index is 546. The maximum atomic E-state index is 5.87. The Morgan fingerprint density at radius 2 is 2.05 bits per heavy atom. The summed E-state index contributed by atoms with van der Waals surface area (Å²) < 4.78 is 5.87. The number of hydrogen-bond acceptors (Lipinski definition) is 3. The Morgan fingerprint density at radius 1 is 1.20 bits per heavy atom. The number of rotatable bonds is 7. The van der Waals surface area contributed by atoms with Crippen molar-refractivity contribution in [1.82, 2.24) is 10.3 Å². The van der Waals surface area contributed by atoms with E-state index in [1.807, 2.05) is 6.20 Å². The zero-order valence-electron chi connectivity index (χ0n) is 12.7. The minimum absolute atomic E-state index is 0.833. The minimum atomic E-state index is 0.833. The molecule has 3 heteroatoms. The minimum Gasteiger partial charge on any atom is -0.441 e. The number of hydrogen-bond donors (Lipinski definition) is 1. The summed E-state index contributed by atoms with van der Waals surface area (Å²) in [5, 5.41) is 3.39. The third kappa shape index (κ3) is 3.94. The SMILES string of the molecule is CCCNCCCc1ncc(-c2cc(C)ccc2C)o1. The van der Waals surface area contributed by atoms with Crippen LogP contribution >= 0.6 is 0 Å². The molecule has 0 unspecified atom stereocenters. The van der Waals surface area contributed by atoms with Crippen LogP contribution in [0.1, 0.15) is 36.8 Å². The van der Waals surface area contributed by atoms with E-state index in [2.05, 4.69) is 49.3 Å². The Labute approximate surface area is 121 Å². The predicted octanol–water partition coefficient (Wildman–Crippen LogP) is 3.89. The van der Waals surface area contributed by atoms with Gasteiger partial charge in [0.1, 0.15) is 0 Å². The molecule has 0 aliphatic carbocycles. The summed E-state index contributed by atoms with van der Waals surface area (Å²) in [6.07, 6.45) is 4.97. The molecule has 2 aromatic rings. The summed E-state index contributed by atoms with van der Waals surface area (Å²) in [5.41, 5.74) is 3.61. The molecule has 0 aliphatic heterocycles. The topological polar surface area (TPSA) is 38.1 Å². The van der Waals surface area contributed by atoms with Crippen LogP contribution in [0.15, 0.2) is 28.8 Å². The highest BCUT2D eigenvalue weighted by atomic mass is 16.4. The van der Waals surface area contributed by atoms with Crippen LogP contribution in [0.4, 0.5) is 0 Å². The van der Waals surface area contributed by atoms with Crippen molar-refractivity contribution in [3.63, 3.8) is 0 Å². The summed E-state index contributed by atoms with van der Waals surface area (Å²) in [6.45, 7) is 8.48. The first-order valence-electron chi connectivity index (χ1n) is 7.43. The predicted molar refractivity (Wildman–Crippen MR) is 82.9 cm³/mol. The standard InChI is InChI=1S/C17H24N2O/c1-4-9-18-10-5-6-17-19-12-16(20-17)15-11-13(2)7-8-14(15)3/h7-8,11-12,18H,4-6,9-10H2,1-3H3. The number of nitrogens with zero attached hydrogens (tertiary/aromatic N) is 1. The molecular weight excluding hydrogens is 248 g/mol. The first kappa shape index (κ1) is 14.8. The molecule has 0 fully saturated rings. The Morgan fingerprint density at radius 3 is 2.85 bits per heavy atom. The van der Waals surface area contributed by atoms with E-state index in [-0.39, 0.29) is 0 Å². The normalized spacial score (nSPS) is 10.9. The second-order valence-corrected chi connectivity index (χ2v) is 5.29. The number of aromatic nitrogens is 1. The van der Waals surface area contributed by atoms with Gasteiger partial charge in [0.15, 0.2) is 11.7 Å². The Balaban J connectivity index is 1.96. The molecular formula is C17H24N2O. The van der Waals surface area contributed by atoms with E-state index in [1.165, 1.54) is 17.5 Å². The number of benzene rings is 1. The summed E-state index contributed by atoms with van der Waals surface area (Å²) >= 11 is 0. The molecule has 0 spiro atoms. The van der Waals surface area contributed by atoms with Crippen molar-refractivity contribution in [1.29, 1.82) is 0 Å². The number of aryl methyl sites for hydroxylation is 3. The van der Waals surface area contributed by atoms with Gasteiger partial charge in [-0.1, -0.05) is 24.6 Å². The largest absolute Gasteiger partial charge is 0.441 e. The lowest BCUT2D eigenvalue weighted by atomic mass is 10.0. The van der Waals surface area contributed by atoms with Gasteiger partial charge in [0.25, 0.3) is 0 Å². The van der Waals surface area contributed by atoms with Gasteiger partial charge in [0, 0.05) is 12.0 Å². The van der Waals surface area contributed by atoms with Crippen LogP contribution in [0.3, 0.4) is 0 Å². The summed E-state index contributed by atoms with van der Waals surface area (Å²) in [7, 11) is 0. The highest BCUT2D eigenvalue weighted by Gasteiger charge is 2.08. The lowest BCUT2D eigenvalue weighted by molar-refractivity contribution is 0.491. The monoisotopic (exact) mass is 272 g/mol. The van der Waals surface area contributed by atoms with Crippen molar-refractivity contribution in [3.8, 4) is 11.3 Å². The first-order chi connectivity index (χ1) is 9.70. The van der Waals surface area contributed by atoms with Gasteiger partial charge in [0.2, 0.25) is 0 Å². The third-order valence-corrected chi connectivity index (χ3v) is 3.38. The van der Waals surface area contributed by atoms with Crippen LogP contribution in [0.2, 0.25) is 0 Å². The molecule has 0 amide bonds. The summed E-state index contributed by atoms with van der Waals surface area (Å²) in [5.74, 6) is 1.71. The van der Waals surface area contributed by atoms with Crippen molar-refractivity contribution < 1.29 is 4.42 Å². The van der Waals surface area contributed by atoms with Gasteiger partial charge in [0.05, 0.1) is 6.20 Å². The molecule has 1 aromatic heterocycles. The number of oxazole rings is 1. The fraction of sp³-hybridized carbons (Fsp3) is 0.471. The van der Waals surface area contributed by atoms with Crippen LogP contribution in [-0.4, -0.2) is 18.1 Å². The fourth-order valence-electron chi connectivity index (χ4n) is 2.22. The molecule has 0 saturated carbocycles. The van der Waals surface area contributed by atoms with Crippen molar-refractivity contribution in [3.05, 3.63) is 41.4 Å². The van der Waals surface area contributed by atoms with E-state index >= 15 is 0 Å². The molecule has 1 heterocycles. The highest BCUT2D eigenvalue weighted by molar-refractivity contribution is 5.62. The van der Waals surface area contributed by atoms with E-state index in [0.717, 1.165) is 43.1 Å². The van der Waals surface area contributed by atoms with Gasteiger partial charge in [-0.15, -0.1) is 0 Å². The van der Waals surface area contributed by atoms with Crippen LogP contribution in [0.5, 0.6) is 0 Å². The zero-order chi connectivity index (χ0) is 14.4. The maximum Gasteiger partial charge on any atom is 0.194 e. The van der Waals surface area contributed by atoms with Crippen molar-refractivity contribution >= 4 is 0 Å². The average molecular weight is 272 g/mol. The van der Waals surface area contributed by atoms with Gasteiger partial charge in [-0.25, -0.2) is 4.98 Å². The average Bonchev–Trinajstić information content (AvgIpc) is 2.90. The zero-order valence-corrected chi connectivity index (χ0v) is 12.7. The van der Waals surface area contributed by atoms with Gasteiger partial charge in [-0.3, -0.25) is 0 Å². The lowest BCUT2D eigenvalue weighted by Gasteiger charge is -2.03. The third-order valence-electron chi connectivity index (χ3n) is 3.38. The lowest BCUT2D eigenvalue weighted by Crippen LogP contribution is -2.16. The van der Waals surface area contributed by atoms with Crippen LogP contribution in [0, 0.1) is 13.8 Å². The summed E-state index contributed by atoms with van der Waals surface area (Å²) in [6, 6.07) is 6.40. The van der Waals surface area contributed by atoms with Crippen LogP contribution in [-0.2, 0) is 6.42 Å². The smallest absolute Gasteiger partial charge is 0.194 e. The molecule has 20 heavy (non-hydrogen) atoms. The van der Waals surface area contributed by atoms with E-state index in [0.29, 0.717) is 0 Å². The molecule has 2 rings (SSSR count). The molecule has 0 radical (unpaired) electrons. The quantitative estimate of drug-likeness (QED) is 0.777. The molecule has 0 saturated heterocycles. The van der Waals surface area contributed by atoms with Gasteiger partial charge in [-0.2, -0.15) is 0 Å². The fourth-order valence-corrected chi connectivity index (χ4v) is 2.22. The van der Waals surface area contributed by atoms with Crippen LogP contribution < -0.4 is 5.32 Å². The van der Waals surface area contributed by atoms with E-state index < -0.39 is 0 Å². The first-order valence-corrected chi connectivity index (χ1v) is 7.43. The Hall–Kier alpha value is -1.61. The second-order valence-electron chi connectivity index (χ2n) is 5.29. The van der Waals surface area contributed by atoms with Crippen LogP contribution in [0.25, 0.3) is 11.3 Å². The second kappa shape index (κ2) is 7.25. The molecule has 0 atom stereocenters. The molecule has 108 valence electrons. The van der Waals surface area contributed by atoms with Crippen molar-refractivity contribution in [2.75, 3.05) is 13.1 Å². The molecule has 1 N–H and O–H groups in total. The van der Waals surface area contributed by atoms with E-state index in [1.54, 1.807) is 0 Å². The van der Waals surface area contributed by atoms with Gasteiger partial charge in [-0.05, 0) is 51.4 Å². The van der Waals surface area contributed by atoms with Gasteiger partial charge >= 0.3 is 0 Å². The van der Waals surface area contributed by atoms with E-state index in [4.69, 9.17) is 4.42 Å². The molecule has 1 aromatic carbocycles.